The van der Waals surface area contributed by atoms with Crippen molar-refractivity contribution in [3.63, 3.8) is 0 Å². The van der Waals surface area contributed by atoms with Crippen molar-refractivity contribution in [2.75, 3.05) is 10.6 Å². The number of pyridine rings is 1. The molecule has 3 rings (SSSR count). The first kappa shape index (κ1) is 17.3. The van der Waals surface area contributed by atoms with Crippen LogP contribution < -0.4 is 10.6 Å². The monoisotopic (exact) mass is 349 g/mol. The lowest BCUT2D eigenvalue weighted by Crippen LogP contribution is -2.15. The molecular formula is C20H16FN3O2. The van der Waals surface area contributed by atoms with Gasteiger partial charge in [0.05, 0.1) is 6.42 Å². The molecule has 1 heterocycles. The van der Waals surface area contributed by atoms with E-state index in [9.17, 15) is 14.0 Å². The molecule has 26 heavy (non-hydrogen) atoms. The first-order chi connectivity index (χ1) is 12.6. The lowest BCUT2D eigenvalue weighted by Gasteiger charge is -2.09. The van der Waals surface area contributed by atoms with E-state index >= 15 is 0 Å². The van der Waals surface area contributed by atoms with Crippen molar-refractivity contribution in [3.8, 4) is 0 Å². The maximum Gasteiger partial charge on any atom is 0.255 e. The topological polar surface area (TPSA) is 71.1 Å². The summed E-state index contributed by atoms with van der Waals surface area (Å²) in [6, 6.07) is 15.9. The van der Waals surface area contributed by atoms with Gasteiger partial charge in [0.1, 0.15) is 5.82 Å². The van der Waals surface area contributed by atoms with Gasteiger partial charge in [-0.15, -0.1) is 0 Å². The molecule has 3 aromatic rings. The second-order valence-electron chi connectivity index (χ2n) is 5.62. The van der Waals surface area contributed by atoms with E-state index in [1.54, 1.807) is 60.9 Å². The Kier molecular flexibility index (Phi) is 5.34. The fraction of sp³-hybridized carbons (Fsp3) is 0.0500. The fourth-order valence-electron chi connectivity index (χ4n) is 2.37. The Labute approximate surface area is 149 Å². The van der Waals surface area contributed by atoms with Gasteiger partial charge in [-0.25, -0.2) is 4.39 Å². The fourth-order valence-corrected chi connectivity index (χ4v) is 2.37. The zero-order valence-corrected chi connectivity index (χ0v) is 13.8. The van der Waals surface area contributed by atoms with Crippen molar-refractivity contribution >= 4 is 23.2 Å². The average Bonchev–Trinajstić information content (AvgIpc) is 2.64. The molecule has 0 fully saturated rings. The van der Waals surface area contributed by atoms with Crippen LogP contribution in [0.2, 0.25) is 0 Å². The van der Waals surface area contributed by atoms with E-state index in [0.717, 1.165) is 0 Å². The summed E-state index contributed by atoms with van der Waals surface area (Å²) in [5.41, 5.74) is 2.33. The summed E-state index contributed by atoms with van der Waals surface area (Å²) in [6.45, 7) is 0. The molecule has 0 aliphatic rings. The van der Waals surface area contributed by atoms with Gasteiger partial charge in [-0.05, 0) is 48.0 Å². The van der Waals surface area contributed by atoms with Crippen molar-refractivity contribution in [2.24, 2.45) is 0 Å². The van der Waals surface area contributed by atoms with Gasteiger partial charge < -0.3 is 10.6 Å². The molecule has 0 unspecified atom stereocenters. The molecule has 0 aliphatic carbocycles. The number of hydrogen-bond donors (Lipinski definition) is 2. The molecule has 0 saturated heterocycles. The number of carbonyl (C=O) groups excluding carboxylic acids is 2. The molecule has 0 spiro atoms. The van der Waals surface area contributed by atoms with Crippen LogP contribution in [0.15, 0.2) is 73.1 Å². The first-order valence-corrected chi connectivity index (χ1v) is 7.96. The Morgan fingerprint density at radius 2 is 1.54 bits per heavy atom. The van der Waals surface area contributed by atoms with Crippen LogP contribution in [0.1, 0.15) is 15.9 Å². The van der Waals surface area contributed by atoms with Crippen molar-refractivity contribution < 1.29 is 14.0 Å². The predicted molar refractivity (Wildman–Crippen MR) is 97.4 cm³/mol. The molecule has 0 atom stereocenters. The van der Waals surface area contributed by atoms with Crippen molar-refractivity contribution in [1.29, 1.82) is 0 Å². The third kappa shape index (κ3) is 4.73. The van der Waals surface area contributed by atoms with Gasteiger partial charge in [-0.2, -0.15) is 0 Å². The van der Waals surface area contributed by atoms with Crippen LogP contribution in [0.25, 0.3) is 0 Å². The highest BCUT2D eigenvalue weighted by atomic mass is 19.1. The molecule has 2 aromatic carbocycles. The second-order valence-corrected chi connectivity index (χ2v) is 5.62. The Morgan fingerprint density at radius 1 is 0.885 bits per heavy atom. The summed E-state index contributed by atoms with van der Waals surface area (Å²) >= 11 is 0. The molecular weight excluding hydrogens is 333 g/mol. The average molecular weight is 349 g/mol. The van der Waals surface area contributed by atoms with Crippen LogP contribution in [0.5, 0.6) is 0 Å². The maximum absolute atomic E-state index is 12.9. The molecule has 1 aromatic heterocycles. The van der Waals surface area contributed by atoms with E-state index in [2.05, 4.69) is 15.6 Å². The predicted octanol–water partition coefficient (Wildman–Crippen LogP) is 3.65. The quantitative estimate of drug-likeness (QED) is 0.738. The summed E-state index contributed by atoms with van der Waals surface area (Å²) < 4.78 is 12.9. The SMILES string of the molecule is O=C(Cc1ccc(F)cc1)Nc1cccc(NC(=O)c2ccncc2)c1. The third-order valence-corrected chi connectivity index (χ3v) is 3.62. The third-order valence-electron chi connectivity index (χ3n) is 3.62. The van der Waals surface area contributed by atoms with Crippen LogP contribution in [0, 0.1) is 5.82 Å². The standard InChI is InChI=1S/C20H16FN3O2/c21-16-6-4-14(5-7-16)12-19(25)23-17-2-1-3-18(13-17)24-20(26)15-8-10-22-11-9-15/h1-11,13H,12H2,(H,23,25)(H,24,26). The number of halogens is 1. The lowest BCUT2D eigenvalue weighted by atomic mass is 10.1. The number of anilines is 2. The zero-order valence-electron chi connectivity index (χ0n) is 13.8. The van der Waals surface area contributed by atoms with Crippen LogP contribution in [-0.4, -0.2) is 16.8 Å². The summed E-state index contributed by atoms with van der Waals surface area (Å²) in [5.74, 6) is -0.830. The minimum absolute atomic E-state index is 0.133. The largest absolute Gasteiger partial charge is 0.326 e. The highest BCUT2D eigenvalue weighted by Gasteiger charge is 2.08. The van der Waals surface area contributed by atoms with Gasteiger partial charge >= 0.3 is 0 Å². The number of rotatable bonds is 5. The number of carbonyl (C=O) groups is 2. The van der Waals surface area contributed by atoms with E-state index in [0.29, 0.717) is 22.5 Å². The highest BCUT2D eigenvalue weighted by Crippen LogP contribution is 2.16. The second kappa shape index (κ2) is 8.02. The van der Waals surface area contributed by atoms with Crippen LogP contribution in [0.4, 0.5) is 15.8 Å². The van der Waals surface area contributed by atoms with Gasteiger partial charge in [0.25, 0.3) is 5.91 Å². The summed E-state index contributed by atoms with van der Waals surface area (Å²) in [7, 11) is 0. The highest BCUT2D eigenvalue weighted by molar-refractivity contribution is 6.04. The maximum atomic E-state index is 12.9. The molecule has 0 radical (unpaired) electrons. The molecule has 0 saturated carbocycles. The van der Waals surface area contributed by atoms with Crippen molar-refractivity contribution in [2.45, 2.75) is 6.42 Å². The molecule has 2 amide bonds. The van der Waals surface area contributed by atoms with Gasteiger partial charge in [0.2, 0.25) is 5.91 Å². The molecule has 0 bridgehead atoms. The zero-order chi connectivity index (χ0) is 18.4. The Morgan fingerprint density at radius 3 is 2.23 bits per heavy atom. The molecule has 0 aliphatic heterocycles. The van der Waals surface area contributed by atoms with Crippen molar-refractivity contribution in [3.05, 3.63) is 90.0 Å². The smallest absolute Gasteiger partial charge is 0.255 e. The Hall–Kier alpha value is -3.54. The number of nitrogens with zero attached hydrogens (tertiary/aromatic N) is 1. The number of hydrogen-bond acceptors (Lipinski definition) is 3. The molecule has 130 valence electrons. The van der Waals surface area contributed by atoms with E-state index in [-0.39, 0.29) is 24.1 Å². The summed E-state index contributed by atoms with van der Waals surface area (Å²) in [6.07, 6.45) is 3.22. The van der Waals surface area contributed by atoms with Crippen LogP contribution >= 0.6 is 0 Å². The van der Waals surface area contributed by atoms with Crippen molar-refractivity contribution in [1.82, 2.24) is 4.98 Å². The molecule has 2 N–H and O–H groups in total. The van der Waals surface area contributed by atoms with Gasteiger partial charge in [0.15, 0.2) is 0 Å². The van der Waals surface area contributed by atoms with Crippen LogP contribution in [-0.2, 0) is 11.2 Å². The summed E-state index contributed by atoms with van der Waals surface area (Å²) in [5, 5.41) is 5.53. The van der Waals surface area contributed by atoms with Gasteiger partial charge in [-0.3, -0.25) is 14.6 Å². The van der Waals surface area contributed by atoms with E-state index in [4.69, 9.17) is 0 Å². The number of nitrogens with one attached hydrogen (secondary N) is 2. The van der Waals surface area contributed by atoms with Crippen LogP contribution in [0.3, 0.4) is 0 Å². The molecule has 6 heteroatoms. The first-order valence-electron chi connectivity index (χ1n) is 7.96. The Bertz CT molecular complexity index is 912. The minimum atomic E-state index is -0.341. The summed E-state index contributed by atoms with van der Waals surface area (Å²) in [4.78, 5) is 28.2. The van der Waals surface area contributed by atoms with E-state index in [1.165, 1.54) is 12.1 Å². The van der Waals surface area contributed by atoms with E-state index < -0.39 is 0 Å². The lowest BCUT2D eigenvalue weighted by molar-refractivity contribution is -0.115. The Balaban J connectivity index is 1.62. The van der Waals surface area contributed by atoms with Gasteiger partial charge in [0, 0.05) is 29.3 Å². The normalized spacial score (nSPS) is 10.2. The number of amides is 2. The number of aromatic nitrogens is 1. The number of benzene rings is 2. The molecule has 5 nitrogen and oxygen atoms in total. The van der Waals surface area contributed by atoms with E-state index in [1.807, 2.05) is 0 Å². The minimum Gasteiger partial charge on any atom is -0.326 e. The van der Waals surface area contributed by atoms with Gasteiger partial charge in [-0.1, -0.05) is 18.2 Å².